The number of hydrogen-bond acceptors (Lipinski definition) is 10. The van der Waals surface area contributed by atoms with E-state index in [4.69, 9.17) is 31.5 Å². The summed E-state index contributed by atoms with van der Waals surface area (Å²) in [5, 5.41) is 1.76. The molecule has 3 saturated heterocycles. The number of amides is 1. The van der Waals surface area contributed by atoms with Crippen molar-refractivity contribution in [3.63, 3.8) is 0 Å². The van der Waals surface area contributed by atoms with Crippen LogP contribution in [0.15, 0.2) is 12.1 Å². The van der Waals surface area contributed by atoms with E-state index < -0.39 is 62.7 Å². The van der Waals surface area contributed by atoms with Crippen molar-refractivity contribution in [2.45, 2.75) is 61.6 Å². The van der Waals surface area contributed by atoms with Crippen LogP contribution in [0.25, 0.3) is 22.2 Å². The molecule has 6 heterocycles. The fourth-order valence-electron chi connectivity index (χ4n) is 7.48. The van der Waals surface area contributed by atoms with Gasteiger partial charge in [-0.2, -0.15) is 23.1 Å². The molecule has 0 radical (unpaired) electrons. The molecule has 0 saturated carbocycles. The van der Waals surface area contributed by atoms with Crippen LogP contribution in [0.5, 0.6) is 11.9 Å². The third-order valence-corrected chi connectivity index (χ3v) is 10.2. The van der Waals surface area contributed by atoms with Crippen LogP contribution in [0.4, 0.5) is 33.5 Å². The van der Waals surface area contributed by atoms with E-state index in [-0.39, 0.29) is 80.3 Å². The maximum atomic E-state index is 16.8. The van der Waals surface area contributed by atoms with Crippen molar-refractivity contribution in [2.24, 2.45) is 0 Å². The van der Waals surface area contributed by atoms with Gasteiger partial charge in [-0.15, -0.1) is 0 Å². The number of carbonyl (C=O) groups is 1. The van der Waals surface area contributed by atoms with Crippen molar-refractivity contribution in [3.05, 3.63) is 28.5 Å². The number of anilines is 2. The Morgan fingerprint density at radius 2 is 2.00 bits per heavy atom. The monoisotopic (exact) mass is 697 g/mol. The molecule has 1 aromatic carbocycles. The first-order valence-electron chi connectivity index (χ1n) is 15.5. The summed E-state index contributed by atoms with van der Waals surface area (Å²) in [6, 6.07) is 1.59. The number of nitrogens with zero attached hydrogens (tertiary/aromatic N) is 5. The molecule has 3 N–H and O–H groups in total. The summed E-state index contributed by atoms with van der Waals surface area (Å²) in [5.41, 5.74) is 1.14. The number of nitrogens with one attached hydrogen (secondary N) is 1. The Morgan fingerprint density at radius 1 is 1.23 bits per heavy atom. The highest BCUT2D eigenvalue weighted by molar-refractivity contribution is 6.32. The average Bonchev–Trinajstić information content (AvgIpc) is 3.52. The molecule has 4 aliphatic heterocycles. The quantitative estimate of drug-likeness (QED) is 0.280. The number of alkyl halides is 4. The number of hydrogen-bond donors (Lipinski definition) is 2. The van der Waals surface area contributed by atoms with Crippen LogP contribution in [0.1, 0.15) is 37.7 Å². The van der Waals surface area contributed by atoms with Crippen molar-refractivity contribution in [2.75, 3.05) is 57.6 Å². The van der Waals surface area contributed by atoms with Crippen molar-refractivity contribution in [3.8, 4) is 23.1 Å². The number of carbonyl (C=O) groups excluding carboxylic acids is 1. The zero-order chi connectivity index (χ0) is 34.2. The Labute approximate surface area is 276 Å². The molecule has 7 rings (SSSR count). The van der Waals surface area contributed by atoms with E-state index >= 15 is 4.39 Å². The number of rotatable bonds is 6. The van der Waals surface area contributed by atoms with Gasteiger partial charge in [0.05, 0.1) is 41.3 Å². The number of nitrogens with two attached hydrogens (primary N) is 1. The second kappa shape index (κ2) is 11.7. The molecule has 3 atom stereocenters. The smallest absolute Gasteiger partial charge is 0.418 e. The van der Waals surface area contributed by atoms with Crippen molar-refractivity contribution in [1.29, 1.82) is 0 Å². The van der Waals surface area contributed by atoms with Crippen LogP contribution in [-0.4, -0.2) is 96.1 Å². The summed E-state index contributed by atoms with van der Waals surface area (Å²) >= 11 is 6.03. The largest absolute Gasteiger partial charge is 0.473 e. The van der Waals surface area contributed by atoms with Gasteiger partial charge in [-0.25, -0.2) is 13.8 Å². The maximum absolute atomic E-state index is 16.8. The summed E-state index contributed by atoms with van der Waals surface area (Å²) < 4.78 is 92.4. The Kier molecular flexibility index (Phi) is 7.98. The zero-order valence-corrected chi connectivity index (χ0v) is 26.9. The first-order chi connectivity index (χ1) is 22.7. The van der Waals surface area contributed by atoms with Gasteiger partial charge >= 0.3 is 12.2 Å². The number of aromatic nitrogens is 3. The molecule has 4 aliphatic rings. The lowest BCUT2D eigenvalue weighted by Crippen LogP contribution is -2.63. The molecule has 17 heteroatoms. The molecule has 258 valence electrons. The Morgan fingerprint density at radius 3 is 2.69 bits per heavy atom. The van der Waals surface area contributed by atoms with Gasteiger partial charge in [-0.05, 0) is 31.5 Å². The minimum Gasteiger partial charge on any atom is -0.473 e. The highest BCUT2D eigenvalue weighted by atomic mass is 35.5. The van der Waals surface area contributed by atoms with Crippen LogP contribution >= 0.6 is 11.6 Å². The zero-order valence-electron chi connectivity index (χ0n) is 26.1. The summed E-state index contributed by atoms with van der Waals surface area (Å²) in [6.45, 7) is 1.48. The van der Waals surface area contributed by atoms with Crippen LogP contribution in [-0.2, 0) is 15.7 Å². The normalized spacial score (nSPS) is 25.0. The van der Waals surface area contributed by atoms with Crippen LogP contribution in [0.2, 0.25) is 5.02 Å². The van der Waals surface area contributed by atoms with E-state index in [0.29, 0.717) is 13.0 Å². The molecule has 1 spiro atoms. The number of fused-ring (bicyclic) bond motifs is 1. The maximum Gasteiger partial charge on any atom is 0.418 e. The summed E-state index contributed by atoms with van der Waals surface area (Å²) in [4.78, 5) is 29.6. The van der Waals surface area contributed by atoms with E-state index in [1.165, 1.54) is 7.05 Å². The van der Waals surface area contributed by atoms with E-state index in [1.807, 2.05) is 4.90 Å². The number of pyridine rings is 1. The van der Waals surface area contributed by atoms with E-state index in [0.717, 1.165) is 18.6 Å². The highest BCUT2D eigenvalue weighted by Gasteiger charge is 2.51. The molecule has 2 aromatic heterocycles. The predicted molar refractivity (Wildman–Crippen MR) is 165 cm³/mol. The van der Waals surface area contributed by atoms with E-state index in [1.54, 1.807) is 11.9 Å². The number of likely N-dealkylation sites (N-methyl/N-ethyl adjacent to an activating group) is 1. The molecular formula is C31H33ClF5N7O4. The fraction of sp³-hybridized carbons (Fsp3) is 0.548. The lowest BCUT2D eigenvalue weighted by Gasteiger charge is -2.50. The third kappa shape index (κ3) is 5.41. The average molecular weight is 698 g/mol. The van der Waals surface area contributed by atoms with Gasteiger partial charge in [-0.1, -0.05) is 11.6 Å². The van der Waals surface area contributed by atoms with Gasteiger partial charge in [0.15, 0.2) is 5.82 Å². The fourth-order valence-corrected chi connectivity index (χ4v) is 7.82. The van der Waals surface area contributed by atoms with Gasteiger partial charge in [0, 0.05) is 44.7 Å². The molecule has 1 unspecified atom stereocenters. The first-order valence-corrected chi connectivity index (χ1v) is 15.9. The molecule has 3 fully saturated rings. The first kappa shape index (κ1) is 32.8. The lowest BCUT2D eigenvalue weighted by molar-refractivity contribution is -0.137. The molecule has 11 nitrogen and oxygen atoms in total. The minimum atomic E-state index is -5.01. The van der Waals surface area contributed by atoms with Crippen LogP contribution in [0, 0.1) is 5.82 Å². The van der Waals surface area contributed by atoms with Crippen molar-refractivity contribution in [1.82, 2.24) is 25.2 Å². The lowest BCUT2D eigenvalue weighted by atomic mass is 9.86. The number of benzene rings is 1. The summed E-state index contributed by atoms with van der Waals surface area (Å²) in [6.07, 6.45) is -4.96. The number of halogens is 6. The van der Waals surface area contributed by atoms with Crippen LogP contribution < -0.4 is 25.4 Å². The SMILES string of the molecule is CNC(=O)CC1CC2(COC2)N(C)c2nc(OC[C@@]34CCCN3C[C@H](F)C4)nc3c(F)c(-c4cc(N)cc(Cl)c4C(F)(F)F)nc(c23)O1. The molecule has 3 aromatic rings. The minimum absolute atomic E-state index is 0.0243. The van der Waals surface area contributed by atoms with Crippen molar-refractivity contribution >= 4 is 39.9 Å². The Hall–Kier alpha value is -3.76. The van der Waals surface area contributed by atoms with Crippen molar-refractivity contribution < 1.29 is 41.0 Å². The topological polar surface area (TPSA) is 128 Å². The Bertz CT molecular complexity index is 1790. The Balaban J connectivity index is 1.44. The third-order valence-electron chi connectivity index (χ3n) is 9.94. The number of nitrogen functional groups attached to an aromatic ring is 1. The predicted octanol–water partition coefficient (Wildman–Crippen LogP) is 4.53. The molecule has 0 aliphatic carbocycles. The molecule has 1 amide bonds. The molecule has 0 bridgehead atoms. The summed E-state index contributed by atoms with van der Waals surface area (Å²) in [5.74, 6) is -1.73. The van der Waals surface area contributed by atoms with Gasteiger partial charge < -0.3 is 30.2 Å². The standard InChI is InChI=1S/C31H33ClF5N7O4/c1-39-20(45)8-17-10-30(12-46-13-30)43(2)26-21-25(41-28(42-26)47-14-29-4-3-5-44(29)11-15(33)9-29)23(34)24(40-27(21)48-17)18-6-16(38)7-19(32)22(18)31(35,36)37/h6-7,15,17H,3-5,8-14,38H2,1-2H3,(H,39,45)/t15-,17?,29+/m1/s1. The van der Waals surface area contributed by atoms with Crippen LogP contribution in [0.3, 0.4) is 0 Å². The second-order valence-electron chi connectivity index (χ2n) is 13.0. The highest BCUT2D eigenvalue weighted by Crippen LogP contribution is 2.48. The van der Waals surface area contributed by atoms with Gasteiger partial charge in [0.2, 0.25) is 11.8 Å². The molecule has 48 heavy (non-hydrogen) atoms. The number of ether oxygens (including phenoxy) is 3. The molecular weight excluding hydrogens is 665 g/mol. The van der Waals surface area contributed by atoms with Gasteiger partial charge in [0.25, 0.3) is 0 Å². The summed E-state index contributed by atoms with van der Waals surface area (Å²) in [7, 11) is 3.18. The second-order valence-corrected chi connectivity index (χ2v) is 13.4. The van der Waals surface area contributed by atoms with E-state index in [2.05, 4.69) is 20.3 Å². The van der Waals surface area contributed by atoms with E-state index in [9.17, 15) is 22.4 Å². The van der Waals surface area contributed by atoms with Gasteiger partial charge in [-0.3, -0.25) is 9.69 Å². The van der Waals surface area contributed by atoms with Gasteiger partial charge in [0.1, 0.15) is 41.3 Å².